The molecule has 1 saturated heterocycles. The van der Waals surface area contributed by atoms with E-state index in [0.717, 1.165) is 38.5 Å². The number of hydrogen-bond donors (Lipinski definition) is 6. The predicted octanol–water partition coefficient (Wildman–Crippen LogP) is 6.89. The predicted molar refractivity (Wildman–Crippen MR) is 228 cm³/mol. The fourth-order valence-corrected chi connectivity index (χ4v) is 6.30. The second-order valence-corrected chi connectivity index (χ2v) is 15.0. The van der Waals surface area contributed by atoms with Crippen molar-refractivity contribution < 1.29 is 80.7 Å². The number of carbonyl (C=O) groups is 2. The molecule has 10 nitrogen and oxygen atoms in total. The van der Waals surface area contributed by atoms with Gasteiger partial charge in [-0.2, -0.15) is 0 Å². The maximum atomic E-state index is 11.7. The van der Waals surface area contributed by atoms with Crippen molar-refractivity contribution in [2.45, 2.75) is 231 Å². The zero-order valence-corrected chi connectivity index (χ0v) is 39.0. The Balaban J connectivity index is -0.000000291. The molecule has 4 atom stereocenters. The van der Waals surface area contributed by atoms with Crippen LogP contribution in [0, 0.1) is 0 Å². The van der Waals surface area contributed by atoms with Gasteiger partial charge in [0, 0.05) is 12.8 Å². The number of esters is 1. The third-order valence-corrected chi connectivity index (χ3v) is 9.72. The normalized spacial score (nSPS) is 16.5. The SMILES string of the molecule is CCCCCCCC/C=C\CCCCCCCC(=O)OC[C@@H](O)[C@H]1OC[C@H](O)[C@H]1O.CCCCCCCCCCCCCCCCCC(=O)O.Cl.OCCO.[H-].[Na+]. The molecule has 0 amide bonds. The number of carboxylic acid groups (broad SMARTS) is 1. The molecule has 332 valence electrons. The van der Waals surface area contributed by atoms with E-state index in [0.29, 0.717) is 12.8 Å². The summed E-state index contributed by atoms with van der Waals surface area (Å²) in [6.07, 6.45) is 36.7. The molecule has 1 aliphatic heterocycles. The van der Waals surface area contributed by atoms with Crippen molar-refractivity contribution in [3.8, 4) is 0 Å². The molecule has 56 heavy (non-hydrogen) atoms. The van der Waals surface area contributed by atoms with E-state index in [1.54, 1.807) is 0 Å². The number of halogens is 1. The first-order valence-corrected chi connectivity index (χ1v) is 22.1. The van der Waals surface area contributed by atoms with Gasteiger partial charge in [0.25, 0.3) is 0 Å². The number of carboxylic acids is 1. The van der Waals surface area contributed by atoms with Crippen LogP contribution >= 0.6 is 12.4 Å². The van der Waals surface area contributed by atoms with Gasteiger partial charge in [-0.1, -0.05) is 167 Å². The number of aliphatic hydroxyl groups is 5. The van der Waals surface area contributed by atoms with Crippen LogP contribution < -0.4 is 29.6 Å². The van der Waals surface area contributed by atoms with Gasteiger partial charge in [-0.05, 0) is 38.5 Å². The number of allylic oxidation sites excluding steroid dienone is 2. The van der Waals surface area contributed by atoms with Gasteiger partial charge in [0.1, 0.15) is 31.0 Å². The smallest absolute Gasteiger partial charge is 1.00 e. The number of aliphatic hydroxyl groups excluding tert-OH is 5. The van der Waals surface area contributed by atoms with Crippen molar-refractivity contribution in [2.75, 3.05) is 26.4 Å². The molecule has 1 rings (SSSR count). The Labute approximate surface area is 372 Å². The largest absolute Gasteiger partial charge is 1.00 e. The third-order valence-electron chi connectivity index (χ3n) is 9.72. The summed E-state index contributed by atoms with van der Waals surface area (Å²) in [5.41, 5.74) is 0. The Morgan fingerprint density at radius 3 is 1.34 bits per heavy atom. The first kappa shape index (κ1) is 62.4. The molecule has 12 heteroatoms. The van der Waals surface area contributed by atoms with Crippen molar-refractivity contribution in [2.24, 2.45) is 0 Å². The maximum Gasteiger partial charge on any atom is 1.00 e. The molecular weight excluding hydrogens is 747 g/mol. The van der Waals surface area contributed by atoms with Crippen molar-refractivity contribution in [3.63, 3.8) is 0 Å². The second-order valence-electron chi connectivity index (χ2n) is 15.0. The van der Waals surface area contributed by atoms with E-state index < -0.39 is 30.4 Å². The summed E-state index contributed by atoms with van der Waals surface area (Å²) in [4.78, 5) is 22.1. The molecule has 0 aliphatic carbocycles. The minimum absolute atomic E-state index is 0. The molecule has 0 spiro atoms. The molecule has 0 radical (unpaired) electrons. The van der Waals surface area contributed by atoms with Gasteiger partial charge in [-0.15, -0.1) is 12.4 Å². The number of unbranched alkanes of at least 4 members (excludes halogenated alkanes) is 25. The quantitative estimate of drug-likeness (QED) is 0.0171. The van der Waals surface area contributed by atoms with Crippen LogP contribution in [0.3, 0.4) is 0 Å². The molecular formula is C44H88ClNaO10. The fourth-order valence-electron chi connectivity index (χ4n) is 6.30. The van der Waals surface area contributed by atoms with E-state index in [1.165, 1.54) is 141 Å². The first-order valence-electron chi connectivity index (χ1n) is 22.1. The Morgan fingerprint density at radius 2 is 1.00 bits per heavy atom. The summed E-state index contributed by atoms with van der Waals surface area (Å²) in [5.74, 6) is -1.00. The summed E-state index contributed by atoms with van der Waals surface area (Å²) >= 11 is 0. The molecule has 1 aliphatic rings. The van der Waals surface area contributed by atoms with Crippen LogP contribution in [0.5, 0.6) is 0 Å². The van der Waals surface area contributed by atoms with Crippen LogP contribution in [0.4, 0.5) is 0 Å². The third kappa shape index (κ3) is 46.4. The van der Waals surface area contributed by atoms with Gasteiger partial charge in [0.2, 0.25) is 0 Å². The maximum absolute atomic E-state index is 11.7. The van der Waals surface area contributed by atoms with Gasteiger partial charge in [0.05, 0.1) is 19.8 Å². The van der Waals surface area contributed by atoms with Gasteiger partial charge in [-0.3, -0.25) is 9.59 Å². The van der Waals surface area contributed by atoms with Gasteiger partial charge >= 0.3 is 41.5 Å². The van der Waals surface area contributed by atoms with Crippen molar-refractivity contribution in [3.05, 3.63) is 12.2 Å². The molecule has 1 heterocycles. The Morgan fingerprint density at radius 1 is 0.643 bits per heavy atom. The molecule has 6 N–H and O–H groups in total. The van der Waals surface area contributed by atoms with E-state index in [4.69, 9.17) is 24.8 Å². The first-order chi connectivity index (χ1) is 26.2. The van der Waals surface area contributed by atoms with E-state index in [1.807, 2.05) is 0 Å². The summed E-state index contributed by atoms with van der Waals surface area (Å²) in [6, 6.07) is 0. The summed E-state index contributed by atoms with van der Waals surface area (Å²) in [6.45, 7) is 4.02. The molecule has 0 aromatic carbocycles. The van der Waals surface area contributed by atoms with Crippen LogP contribution in [0.25, 0.3) is 0 Å². The zero-order valence-electron chi connectivity index (χ0n) is 37.2. The number of aliphatic carboxylic acids is 1. The Bertz CT molecular complexity index is 828. The number of ether oxygens (including phenoxy) is 2. The van der Waals surface area contributed by atoms with E-state index >= 15 is 0 Å². The summed E-state index contributed by atoms with van der Waals surface area (Å²) in [7, 11) is 0. The van der Waals surface area contributed by atoms with Gasteiger partial charge < -0.3 is 41.5 Å². The van der Waals surface area contributed by atoms with Crippen LogP contribution in [0.1, 0.15) is 208 Å². The Hall–Kier alpha value is -0.270. The topological polar surface area (TPSA) is 174 Å². The average Bonchev–Trinajstić information content (AvgIpc) is 3.51. The molecule has 0 aromatic rings. The van der Waals surface area contributed by atoms with Crippen LogP contribution in [-0.2, 0) is 19.1 Å². The standard InChI is InChI=1S/C24H44O6.C18H36O2.C2H6O2.ClH.Na.H/c1-2-3-4-5-6-7-8-9-10-11-12-13-14-15-16-17-22(27)29-19-21(26)24-23(28)20(25)18-30-24;1-2-3-4-5-6-7-8-9-10-11-12-13-14-15-16-17-18(19)20;3-1-2-4;;;/h9-10,20-21,23-26,28H,2-8,11-19H2,1H3;2-17H2,1H3,(H,19,20);3-4H,1-2H2;1H;;/q;;;;+1;-1/b10-9-;;;;;/t20-,21+,23+,24+;;;;;/m0...../s1. The molecule has 0 unspecified atom stereocenters. The molecule has 0 bridgehead atoms. The number of rotatable bonds is 35. The van der Waals surface area contributed by atoms with Crippen molar-refractivity contribution in [1.82, 2.24) is 0 Å². The van der Waals surface area contributed by atoms with Gasteiger partial charge in [-0.25, -0.2) is 0 Å². The van der Waals surface area contributed by atoms with Crippen LogP contribution in [0.2, 0.25) is 0 Å². The Kier molecular flexibility index (Phi) is 56.7. The van der Waals surface area contributed by atoms with Crippen molar-refractivity contribution in [1.29, 1.82) is 0 Å². The van der Waals surface area contributed by atoms with Crippen LogP contribution in [0.15, 0.2) is 12.2 Å². The molecule has 0 aromatic heterocycles. The number of hydrogen-bond acceptors (Lipinski definition) is 9. The zero-order chi connectivity index (χ0) is 40.3. The summed E-state index contributed by atoms with van der Waals surface area (Å²) in [5, 5.41) is 52.7. The fraction of sp³-hybridized carbons (Fsp3) is 0.909. The van der Waals surface area contributed by atoms with E-state index in [9.17, 15) is 24.9 Å². The second kappa shape index (κ2) is 50.9. The summed E-state index contributed by atoms with van der Waals surface area (Å²) < 4.78 is 10.2. The minimum Gasteiger partial charge on any atom is -1.00 e. The number of carbonyl (C=O) groups excluding carboxylic acids is 1. The van der Waals surface area contributed by atoms with E-state index in [2.05, 4.69) is 26.0 Å². The molecule has 1 fully saturated rings. The van der Waals surface area contributed by atoms with E-state index in [-0.39, 0.29) is 75.8 Å². The molecule has 0 saturated carbocycles. The van der Waals surface area contributed by atoms with Crippen molar-refractivity contribution >= 4 is 24.3 Å². The average molecular weight is 836 g/mol. The van der Waals surface area contributed by atoms with Gasteiger partial charge in [0.15, 0.2) is 0 Å². The van der Waals surface area contributed by atoms with Crippen LogP contribution in [-0.4, -0.2) is 93.4 Å². The monoisotopic (exact) mass is 835 g/mol. The minimum atomic E-state index is -1.15.